The SMILES string of the molecule is C/C(=C\CCC(C)C#N)CC[C@@H]1OC1(C)C. The molecule has 2 atom stereocenters. The first-order chi connectivity index (χ1) is 7.45. The predicted molar refractivity (Wildman–Crippen MR) is 66.0 cm³/mol. The van der Waals surface area contributed by atoms with E-state index in [-0.39, 0.29) is 11.5 Å². The quantitative estimate of drug-likeness (QED) is 0.505. The molecule has 2 nitrogen and oxygen atoms in total. The molecule has 1 saturated heterocycles. The number of hydrogen-bond acceptors (Lipinski definition) is 2. The third-order valence-corrected chi connectivity index (χ3v) is 3.28. The zero-order valence-corrected chi connectivity index (χ0v) is 10.9. The number of hydrogen-bond donors (Lipinski definition) is 0. The molecule has 1 unspecified atom stereocenters. The van der Waals surface area contributed by atoms with Crippen molar-refractivity contribution in [3.05, 3.63) is 11.6 Å². The molecule has 0 aromatic carbocycles. The van der Waals surface area contributed by atoms with Crippen LogP contribution in [0.25, 0.3) is 0 Å². The maximum atomic E-state index is 8.65. The molecule has 0 aromatic rings. The van der Waals surface area contributed by atoms with E-state index >= 15 is 0 Å². The molecule has 0 spiro atoms. The third-order valence-electron chi connectivity index (χ3n) is 3.28. The highest BCUT2D eigenvalue weighted by molar-refractivity contribution is 5.02. The van der Waals surface area contributed by atoms with E-state index in [4.69, 9.17) is 10.00 Å². The Hall–Kier alpha value is -0.810. The molecule has 0 aliphatic carbocycles. The van der Waals surface area contributed by atoms with Crippen molar-refractivity contribution >= 4 is 0 Å². The molecule has 1 aliphatic heterocycles. The number of rotatable bonds is 6. The van der Waals surface area contributed by atoms with E-state index in [0.717, 1.165) is 25.7 Å². The van der Waals surface area contributed by atoms with Gasteiger partial charge in [0.25, 0.3) is 0 Å². The van der Waals surface area contributed by atoms with E-state index in [1.807, 2.05) is 6.92 Å². The van der Waals surface area contributed by atoms with Gasteiger partial charge in [0.1, 0.15) is 0 Å². The molecular formula is C14H23NO. The molecule has 1 aliphatic rings. The Bertz CT molecular complexity index is 298. The van der Waals surface area contributed by atoms with Crippen LogP contribution in [0, 0.1) is 17.2 Å². The predicted octanol–water partition coefficient (Wildman–Crippen LogP) is 3.83. The first-order valence-electron chi connectivity index (χ1n) is 6.19. The molecule has 2 heteroatoms. The maximum Gasteiger partial charge on any atom is 0.0892 e. The van der Waals surface area contributed by atoms with E-state index in [9.17, 15) is 0 Å². The normalized spacial score (nSPS) is 24.9. The van der Waals surface area contributed by atoms with Crippen molar-refractivity contribution in [1.82, 2.24) is 0 Å². The monoisotopic (exact) mass is 221 g/mol. The summed E-state index contributed by atoms with van der Waals surface area (Å²) < 4.78 is 5.54. The Labute approximate surface area is 99.3 Å². The first-order valence-corrected chi connectivity index (χ1v) is 6.19. The fraction of sp³-hybridized carbons (Fsp3) is 0.786. The second-order valence-corrected chi connectivity index (χ2v) is 5.41. The summed E-state index contributed by atoms with van der Waals surface area (Å²) in [7, 11) is 0. The second kappa shape index (κ2) is 5.50. The van der Waals surface area contributed by atoms with Gasteiger partial charge in [-0.2, -0.15) is 5.26 Å². The molecule has 0 radical (unpaired) electrons. The summed E-state index contributed by atoms with van der Waals surface area (Å²) in [6.07, 6.45) is 6.96. The van der Waals surface area contributed by atoms with Crippen LogP contribution >= 0.6 is 0 Å². The molecule has 1 rings (SSSR count). The van der Waals surface area contributed by atoms with Gasteiger partial charge in [-0.25, -0.2) is 0 Å². The van der Waals surface area contributed by atoms with Gasteiger partial charge in [0.15, 0.2) is 0 Å². The zero-order valence-electron chi connectivity index (χ0n) is 10.9. The van der Waals surface area contributed by atoms with Crippen molar-refractivity contribution in [2.45, 2.75) is 65.1 Å². The van der Waals surface area contributed by atoms with Crippen LogP contribution in [-0.4, -0.2) is 11.7 Å². The van der Waals surface area contributed by atoms with Crippen LogP contribution in [-0.2, 0) is 4.74 Å². The lowest BCUT2D eigenvalue weighted by Crippen LogP contribution is -2.02. The maximum absolute atomic E-state index is 8.65. The summed E-state index contributed by atoms with van der Waals surface area (Å²) in [4.78, 5) is 0. The number of nitrogens with zero attached hydrogens (tertiary/aromatic N) is 1. The van der Waals surface area contributed by atoms with Gasteiger partial charge in [-0.15, -0.1) is 0 Å². The number of epoxide rings is 1. The van der Waals surface area contributed by atoms with E-state index in [0.29, 0.717) is 6.10 Å². The topological polar surface area (TPSA) is 36.3 Å². The molecule has 0 N–H and O–H groups in total. The average molecular weight is 221 g/mol. The summed E-state index contributed by atoms with van der Waals surface area (Å²) in [6.45, 7) is 8.44. The van der Waals surface area contributed by atoms with Gasteiger partial charge < -0.3 is 4.74 Å². The highest BCUT2D eigenvalue weighted by Gasteiger charge is 2.46. The molecule has 0 aromatic heterocycles. The molecule has 1 heterocycles. The van der Waals surface area contributed by atoms with Crippen LogP contribution in [0.3, 0.4) is 0 Å². The Balaban J connectivity index is 2.13. The number of nitriles is 1. The second-order valence-electron chi connectivity index (χ2n) is 5.41. The number of allylic oxidation sites excluding steroid dienone is 2. The van der Waals surface area contributed by atoms with Gasteiger partial charge in [0.05, 0.1) is 17.8 Å². The third kappa shape index (κ3) is 4.37. The van der Waals surface area contributed by atoms with Gasteiger partial charge in [-0.1, -0.05) is 11.6 Å². The average Bonchev–Trinajstić information content (AvgIpc) is 2.83. The molecule has 90 valence electrons. The molecule has 0 bridgehead atoms. The first kappa shape index (κ1) is 13.3. The minimum Gasteiger partial charge on any atom is -0.367 e. The Morgan fingerprint density at radius 3 is 2.69 bits per heavy atom. The van der Waals surface area contributed by atoms with Crippen LogP contribution in [0.1, 0.15) is 53.4 Å². The molecular weight excluding hydrogens is 198 g/mol. The summed E-state index contributed by atoms with van der Waals surface area (Å²) >= 11 is 0. The van der Waals surface area contributed by atoms with E-state index < -0.39 is 0 Å². The molecule has 16 heavy (non-hydrogen) atoms. The van der Waals surface area contributed by atoms with Crippen LogP contribution in [0.2, 0.25) is 0 Å². The molecule has 1 fully saturated rings. The minimum absolute atomic E-state index is 0.121. The van der Waals surface area contributed by atoms with E-state index in [1.165, 1.54) is 5.57 Å². The van der Waals surface area contributed by atoms with Gasteiger partial charge in [-0.05, 0) is 53.4 Å². The smallest absolute Gasteiger partial charge is 0.0892 e. The lowest BCUT2D eigenvalue weighted by molar-refractivity contribution is 0.320. The Kier molecular flexibility index (Phi) is 4.56. The largest absolute Gasteiger partial charge is 0.367 e. The van der Waals surface area contributed by atoms with Crippen molar-refractivity contribution < 1.29 is 4.74 Å². The van der Waals surface area contributed by atoms with E-state index in [2.05, 4.69) is 32.9 Å². The molecule has 0 amide bonds. The number of ether oxygens (including phenoxy) is 1. The van der Waals surface area contributed by atoms with Crippen molar-refractivity contribution in [3.8, 4) is 6.07 Å². The fourth-order valence-electron chi connectivity index (χ4n) is 1.84. The zero-order chi connectivity index (χ0) is 12.2. The Morgan fingerprint density at radius 1 is 1.56 bits per heavy atom. The fourth-order valence-corrected chi connectivity index (χ4v) is 1.84. The summed E-state index contributed by atoms with van der Waals surface area (Å²) in [5, 5.41) is 8.65. The lowest BCUT2D eigenvalue weighted by atomic mass is 10.0. The van der Waals surface area contributed by atoms with Gasteiger partial charge in [-0.3, -0.25) is 0 Å². The summed E-state index contributed by atoms with van der Waals surface area (Å²) in [5.74, 6) is 0.176. The van der Waals surface area contributed by atoms with E-state index in [1.54, 1.807) is 0 Å². The van der Waals surface area contributed by atoms with Gasteiger partial charge in [0, 0.05) is 5.92 Å². The van der Waals surface area contributed by atoms with Gasteiger partial charge in [0.2, 0.25) is 0 Å². The Morgan fingerprint density at radius 2 is 2.19 bits per heavy atom. The highest BCUT2D eigenvalue weighted by atomic mass is 16.6. The van der Waals surface area contributed by atoms with Crippen molar-refractivity contribution in [2.24, 2.45) is 5.92 Å². The van der Waals surface area contributed by atoms with Crippen LogP contribution in [0.15, 0.2) is 11.6 Å². The highest BCUT2D eigenvalue weighted by Crippen LogP contribution is 2.38. The lowest BCUT2D eigenvalue weighted by Gasteiger charge is -2.02. The minimum atomic E-state index is 0.121. The standard InChI is InChI=1S/C14H23NO/c1-11(6-5-7-12(2)10-15)8-9-13-14(3,4)16-13/h6,12-13H,5,7-9H2,1-4H3/b11-6+/t12?,13-/m0/s1. The van der Waals surface area contributed by atoms with Crippen LogP contribution in [0.4, 0.5) is 0 Å². The van der Waals surface area contributed by atoms with Crippen molar-refractivity contribution in [3.63, 3.8) is 0 Å². The van der Waals surface area contributed by atoms with Crippen molar-refractivity contribution in [2.75, 3.05) is 0 Å². The molecule has 0 saturated carbocycles. The van der Waals surface area contributed by atoms with Gasteiger partial charge >= 0.3 is 0 Å². The van der Waals surface area contributed by atoms with Crippen LogP contribution < -0.4 is 0 Å². The summed E-state index contributed by atoms with van der Waals surface area (Å²) in [6, 6.07) is 2.26. The van der Waals surface area contributed by atoms with Crippen LogP contribution in [0.5, 0.6) is 0 Å². The summed E-state index contributed by atoms with van der Waals surface area (Å²) in [5.41, 5.74) is 1.55. The van der Waals surface area contributed by atoms with Crippen molar-refractivity contribution in [1.29, 1.82) is 5.26 Å².